The Morgan fingerprint density at radius 2 is 2.00 bits per heavy atom. The van der Waals surface area contributed by atoms with E-state index in [0.29, 0.717) is 17.3 Å². The van der Waals surface area contributed by atoms with Crippen molar-refractivity contribution in [3.8, 4) is 0 Å². The summed E-state index contributed by atoms with van der Waals surface area (Å²) < 4.78 is 5.22. The molecule has 0 spiro atoms. The Hall–Kier alpha value is -2.11. The maximum atomic E-state index is 12.4. The van der Waals surface area contributed by atoms with Crippen molar-refractivity contribution in [3.63, 3.8) is 0 Å². The van der Waals surface area contributed by atoms with Crippen molar-refractivity contribution in [1.29, 1.82) is 0 Å². The Labute approximate surface area is 126 Å². The van der Waals surface area contributed by atoms with Gasteiger partial charge < -0.3 is 9.73 Å². The molecule has 1 aromatic carbocycles. The van der Waals surface area contributed by atoms with Crippen LogP contribution in [0.5, 0.6) is 0 Å². The van der Waals surface area contributed by atoms with Crippen molar-refractivity contribution in [1.82, 2.24) is 0 Å². The third-order valence-corrected chi connectivity index (χ3v) is 3.70. The van der Waals surface area contributed by atoms with Gasteiger partial charge in [-0.15, -0.1) is 0 Å². The van der Waals surface area contributed by atoms with Gasteiger partial charge in [0.15, 0.2) is 11.8 Å². The molecule has 0 aliphatic carbocycles. The molecule has 6 heteroatoms. The predicted octanol–water partition coefficient (Wildman–Crippen LogP) is 1.33. The monoisotopic (exact) mass is 305 g/mol. The molecule has 2 heterocycles. The molecule has 3 rings (SSSR count). The van der Waals surface area contributed by atoms with E-state index >= 15 is 0 Å². The van der Waals surface area contributed by atoms with Gasteiger partial charge in [-0.25, -0.2) is 4.90 Å². The fraction of sp³-hybridized carbons (Fsp3) is 0.200. The summed E-state index contributed by atoms with van der Waals surface area (Å²) in [6, 6.07) is 9.91. The maximum Gasteiger partial charge on any atom is 0.292 e. The van der Waals surface area contributed by atoms with Gasteiger partial charge in [-0.05, 0) is 36.4 Å². The third-order valence-electron chi connectivity index (χ3n) is 3.45. The fourth-order valence-corrected chi connectivity index (χ4v) is 2.51. The van der Waals surface area contributed by atoms with Crippen molar-refractivity contribution < 1.29 is 19.3 Å². The number of furan rings is 1. The van der Waals surface area contributed by atoms with Gasteiger partial charge in [0, 0.05) is 5.02 Å². The molecule has 2 N–H and O–H groups in total. The molecule has 1 fully saturated rings. The molecule has 2 aromatic rings. The van der Waals surface area contributed by atoms with Crippen LogP contribution in [0.25, 0.3) is 0 Å². The van der Waals surface area contributed by atoms with E-state index in [2.05, 4.69) is 0 Å². The second kappa shape index (κ2) is 5.71. The largest absolute Gasteiger partial charge is 0.463 e. The van der Waals surface area contributed by atoms with Gasteiger partial charge in [0.2, 0.25) is 5.91 Å². The smallest absolute Gasteiger partial charge is 0.292 e. The number of nitrogens with two attached hydrogens (primary N) is 1. The topological polar surface area (TPSA) is 67.1 Å². The van der Waals surface area contributed by atoms with Gasteiger partial charge in [0.25, 0.3) is 5.91 Å². The van der Waals surface area contributed by atoms with Crippen LogP contribution >= 0.6 is 11.6 Å². The standard InChI is InChI=1S/C15H13ClN2O3/c16-10-3-5-11(6-4-10)18-14(19)8-13(15(18)20)17-9-12-2-1-7-21-12/h1-7,13,17H,8-9H2/p+1/t13-/m1/s1. The number of carbonyl (C=O) groups excluding carboxylic acids is 2. The van der Waals surface area contributed by atoms with E-state index in [1.807, 2.05) is 11.4 Å². The van der Waals surface area contributed by atoms with E-state index in [1.54, 1.807) is 36.6 Å². The normalized spacial score (nSPS) is 18.5. The summed E-state index contributed by atoms with van der Waals surface area (Å²) in [5.74, 6) is 0.386. The molecule has 0 bridgehead atoms. The molecule has 0 radical (unpaired) electrons. The molecule has 1 atom stereocenters. The molecule has 0 saturated carbocycles. The van der Waals surface area contributed by atoms with Gasteiger partial charge in [0.1, 0.15) is 6.54 Å². The number of anilines is 1. The van der Waals surface area contributed by atoms with Crippen molar-refractivity contribution >= 4 is 29.1 Å². The molecule has 1 aliphatic rings. The summed E-state index contributed by atoms with van der Waals surface area (Å²) >= 11 is 5.82. The van der Waals surface area contributed by atoms with E-state index < -0.39 is 6.04 Å². The Balaban J connectivity index is 1.71. The average Bonchev–Trinajstić information content (AvgIpc) is 3.07. The molecule has 21 heavy (non-hydrogen) atoms. The first-order valence-corrected chi connectivity index (χ1v) is 7.01. The number of hydrogen-bond donors (Lipinski definition) is 1. The lowest BCUT2D eigenvalue weighted by atomic mass is 10.2. The van der Waals surface area contributed by atoms with E-state index in [-0.39, 0.29) is 18.2 Å². The van der Waals surface area contributed by atoms with Gasteiger partial charge >= 0.3 is 0 Å². The van der Waals surface area contributed by atoms with E-state index in [1.165, 1.54) is 4.90 Å². The molecule has 1 saturated heterocycles. The quantitative estimate of drug-likeness (QED) is 0.867. The minimum Gasteiger partial charge on any atom is -0.463 e. The predicted molar refractivity (Wildman–Crippen MR) is 76.7 cm³/mol. The number of nitrogens with zero attached hydrogens (tertiary/aromatic N) is 1. The number of amides is 2. The van der Waals surface area contributed by atoms with E-state index in [4.69, 9.17) is 16.0 Å². The lowest BCUT2D eigenvalue weighted by molar-refractivity contribution is -0.691. The van der Waals surface area contributed by atoms with Gasteiger partial charge in [-0.2, -0.15) is 0 Å². The lowest BCUT2D eigenvalue weighted by Gasteiger charge is -2.14. The van der Waals surface area contributed by atoms with Crippen LogP contribution in [0.3, 0.4) is 0 Å². The highest BCUT2D eigenvalue weighted by Crippen LogP contribution is 2.23. The Kier molecular flexibility index (Phi) is 3.77. The minimum absolute atomic E-state index is 0.192. The fourth-order valence-electron chi connectivity index (χ4n) is 2.39. The van der Waals surface area contributed by atoms with Crippen molar-refractivity contribution in [3.05, 3.63) is 53.4 Å². The van der Waals surface area contributed by atoms with Crippen LogP contribution in [0.15, 0.2) is 47.1 Å². The second-order valence-electron chi connectivity index (χ2n) is 4.87. The molecular weight excluding hydrogens is 292 g/mol. The number of carbonyl (C=O) groups is 2. The number of benzene rings is 1. The van der Waals surface area contributed by atoms with Crippen LogP contribution in [0, 0.1) is 0 Å². The van der Waals surface area contributed by atoms with Crippen molar-refractivity contribution in [2.45, 2.75) is 19.0 Å². The van der Waals surface area contributed by atoms with Gasteiger partial charge in [-0.3, -0.25) is 9.59 Å². The highest BCUT2D eigenvalue weighted by atomic mass is 35.5. The van der Waals surface area contributed by atoms with Crippen LogP contribution in [0.4, 0.5) is 5.69 Å². The number of rotatable bonds is 4. The highest BCUT2D eigenvalue weighted by Gasteiger charge is 2.42. The first-order valence-electron chi connectivity index (χ1n) is 6.63. The summed E-state index contributed by atoms with van der Waals surface area (Å²) in [6.07, 6.45) is 1.78. The zero-order valence-corrected chi connectivity index (χ0v) is 11.9. The summed E-state index contributed by atoms with van der Waals surface area (Å²) in [7, 11) is 0. The van der Waals surface area contributed by atoms with E-state index in [9.17, 15) is 9.59 Å². The zero-order valence-electron chi connectivity index (χ0n) is 11.2. The number of hydrogen-bond acceptors (Lipinski definition) is 3. The Morgan fingerprint density at radius 3 is 2.67 bits per heavy atom. The summed E-state index contributed by atoms with van der Waals surface area (Å²) in [6.45, 7) is 0.533. The molecule has 1 aromatic heterocycles. The number of halogens is 1. The van der Waals surface area contributed by atoms with E-state index in [0.717, 1.165) is 5.76 Å². The SMILES string of the molecule is O=C1C[C@@H]([NH2+]Cc2ccco2)C(=O)N1c1ccc(Cl)cc1. The van der Waals surface area contributed by atoms with Crippen molar-refractivity contribution in [2.24, 2.45) is 0 Å². The molecule has 0 unspecified atom stereocenters. The highest BCUT2D eigenvalue weighted by molar-refractivity contribution is 6.30. The first-order chi connectivity index (χ1) is 10.1. The Morgan fingerprint density at radius 1 is 1.24 bits per heavy atom. The van der Waals surface area contributed by atoms with Gasteiger partial charge in [-0.1, -0.05) is 11.6 Å². The molecular formula is C15H14ClN2O3+. The number of imide groups is 1. The average molecular weight is 306 g/mol. The summed E-state index contributed by atoms with van der Waals surface area (Å²) in [5.41, 5.74) is 0.559. The van der Waals surface area contributed by atoms with Crippen LogP contribution in [0.2, 0.25) is 5.02 Å². The molecule has 108 valence electrons. The molecule has 2 amide bonds. The van der Waals surface area contributed by atoms with Gasteiger partial charge in [0.05, 0.1) is 18.4 Å². The second-order valence-corrected chi connectivity index (χ2v) is 5.31. The summed E-state index contributed by atoms with van der Waals surface area (Å²) in [4.78, 5) is 25.7. The molecule has 5 nitrogen and oxygen atoms in total. The van der Waals surface area contributed by atoms with Crippen LogP contribution in [0.1, 0.15) is 12.2 Å². The van der Waals surface area contributed by atoms with Crippen LogP contribution in [-0.2, 0) is 16.1 Å². The summed E-state index contributed by atoms with van der Waals surface area (Å²) in [5, 5.41) is 2.40. The van der Waals surface area contributed by atoms with Crippen LogP contribution in [-0.4, -0.2) is 17.9 Å². The minimum atomic E-state index is -0.404. The van der Waals surface area contributed by atoms with Crippen LogP contribution < -0.4 is 10.2 Å². The lowest BCUT2D eigenvalue weighted by Crippen LogP contribution is -2.90. The Bertz CT molecular complexity index is 652. The zero-order chi connectivity index (χ0) is 14.8. The first kappa shape index (κ1) is 13.9. The number of quaternary nitrogens is 1. The van der Waals surface area contributed by atoms with Crippen molar-refractivity contribution in [2.75, 3.05) is 4.90 Å². The maximum absolute atomic E-state index is 12.4. The third kappa shape index (κ3) is 2.84. The molecule has 1 aliphatic heterocycles.